The molecule has 0 amide bonds. The number of hydrogen-bond donors (Lipinski definition) is 4. The maximum Gasteiger partial charge on any atom is 0.164 e. The van der Waals surface area contributed by atoms with Crippen LogP contribution in [0.4, 0.5) is 5.82 Å². The van der Waals surface area contributed by atoms with Crippen molar-refractivity contribution in [2.75, 3.05) is 11.9 Å². The van der Waals surface area contributed by atoms with E-state index in [0.717, 1.165) is 24.2 Å². The summed E-state index contributed by atoms with van der Waals surface area (Å²) in [6.07, 6.45) is 5.44. The fourth-order valence-electron chi connectivity index (χ4n) is 3.82. The smallest absolute Gasteiger partial charge is 0.164 e. The molecular formula is C17H24N4O4. The number of imidazole rings is 1. The van der Waals surface area contributed by atoms with E-state index in [1.807, 2.05) is 6.07 Å². The number of fused-ring (bicyclic) bond motifs is 1. The van der Waals surface area contributed by atoms with Crippen LogP contribution in [-0.2, 0) is 4.74 Å². The van der Waals surface area contributed by atoms with Crippen molar-refractivity contribution in [2.24, 2.45) is 0 Å². The second-order valence-corrected chi connectivity index (χ2v) is 6.89. The minimum Gasteiger partial charge on any atom is -0.394 e. The highest BCUT2D eigenvalue weighted by molar-refractivity contribution is 5.86. The molecule has 1 aliphatic heterocycles. The Balaban J connectivity index is 1.62. The summed E-state index contributed by atoms with van der Waals surface area (Å²) < 4.78 is 7.30. The molecule has 1 aliphatic carbocycles. The lowest BCUT2D eigenvalue weighted by atomic mass is 9.95. The molecule has 1 saturated heterocycles. The molecule has 8 nitrogen and oxygen atoms in total. The first-order valence-electron chi connectivity index (χ1n) is 8.89. The van der Waals surface area contributed by atoms with Gasteiger partial charge >= 0.3 is 0 Å². The van der Waals surface area contributed by atoms with E-state index in [2.05, 4.69) is 15.3 Å². The number of nitrogens with one attached hydrogen (secondary N) is 1. The molecular weight excluding hydrogens is 324 g/mol. The Bertz CT molecular complexity index is 731. The Morgan fingerprint density at radius 3 is 2.68 bits per heavy atom. The Labute approximate surface area is 145 Å². The van der Waals surface area contributed by atoms with E-state index in [4.69, 9.17) is 4.74 Å². The zero-order chi connectivity index (χ0) is 17.4. The number of aromatic nitrogens is 3. The van der Waals surface area contributed by atoms with Crippen LogP contribution >= 0.6 is 0 Å². The van der Waals surface area contributed by atoms with Gasteiger partial charge in [0.25, 0.3) is 0 Å². The number of nitrogens with zero attached hydrogens (tertiary/aromatic N) is 3. The molecule has 0 spiro atoms. The molecule has 2 aromatic heterocycles. The first-order valence-corrected chi connectivity index (χ1v) is 8.89. The van der Waals surface area contributed by atoms with E-state index in [9.17, 15) is 15.3 Å². The molecule has 8 heteroatoms. The number of aliphatic hydroxyl groups excluding tert-OH is 3. The van der Waals surface area contributed by atoms with Crippen molar-refractivity contribution in [1.82, 2.24) is 14.5 Å². The van der Waals surface area contributed by atoms with Gasteiger partial charge in [-0.05, 0) is 18.9 Å². The number of aliphatic hydroxyl groups is 3. The molecule has 3 heterocycles. The van der Waals surface area contributed by atoms with Crippen LogP contribution in [0.15, 0.2) is 18.6 Å². The minimum absolute atomic E-state index is 0.350. The Kier molecular flexibility index (Phi) is 4.60. The molecule has 0 bridgehead atoms. The minimum atomic E-state index is -1.13. The van der Waals surface area contributed by atoms with E-state index in [-0.39, 0.29) is 6.61 Å². The van der Waals surface area contributed by atoms with E-state index in [1.54, 1.807) is 17.1 Å². The van der Waals surface area contributed by atoms with Crippen molar-refractivity contribution in [3.63, 3.8) is 0 Å². The average molecular weight is 348 g/mol. The van der Waals surface area contributed by atoms with Gasteiger partial charge in [-0.3, -0.25) is 0 Å². The quantitative estimate of drug-likeness (QED) is 0.646. The number of ether oxygens (including phenoxy) is 1. The summed E-state index contributed by atoms with van der Waals surface area (Å²) in [5.41, 5.74) is 1.48. The van der Waals surface area contributed by atoms with E-state index in [0.29, 0.717) is 11.6 Å². The second-order valence-electron chi connectivity index (χ2n) is 6.89. The lowest BCUT2D eigenvalue weighted by Gasteiger charge is -2.23. The van der Waals surface area contributed by atoms with Gasteiger partial charge in [-0.1, -0.05) is 19.3 Å². The van der Waals surface area contributed by atoms with Crippen LogP contribution in [0.5, 0.6) is 0 Å². The fraction of sp³-hybridized carbons (Fsp3) is 0.647. The van der Waals surface area contributed by atoms with Gasteiger partial charge in [0, 0.05) is 12.2 Å². The monoisotopic (exact) mass is 348 g/mol. The average Bonchev–Trinajstić information content (AvgIpc) is 3.18. The molecule has 0 aromatic carbocycles. The second kappa shape index (κ2) is 6.87. The summed E-state index contributed by atoms with van der Waals surface area (Å²) in [5.74, 6) is 0.731. The van der Waals surface area contributed by atoms with Gasteiger partial charge in [-0.15, -0.1) is 0 Å². The largest absolute Gasteiger partial charge is 0.394 e. The van der Waals surface area contributed by atoms with Crippen LogP contribution in [0, 0.1) is 0 Å². The van der Waals surface area contributed by atoms with Gasteiger partial charge in [0.2, 0.25) is 0 Å². The molecule has 0 radical (unpaired) electrons. The summed E-state index contributed by atoms with van der Waals surface area (Å²) >= 11 is 0. The summed E-state index contributed by atoms with van der Waals surface area (Å²) in [6, 6.07) is 2.22. The number of anilines is 1. The molecule has 4 atom stereocenters. The maximum atomic E-state index is 10.3. The number of rotatable bonds is 4. The predicted octanol–water partition coefficient (Wildman–Crippen LogP) is 0.787. The summed E-state index contributed by atoms with van der Waals surface area (Å²) in [7, 11) is 0. The SMILES string of the molecule is OCC1OC(n2cnc3c(NC4CCCCC4)nccc32)C(O)C1O. The fourth-order valence-corrected chi connectivity index (χ4v) is 3.82. The molecule has 25 heavy (non-hydrogen) atoms. The van der Waals surface area contributed by atoms with Crippen LogP contribution in [0.3, 0.4) is 0 Å². The van der Waals surface area contributed by atoms with E-state index >= 15 is 0 Å². The molecule has 4 unspecified atom stereocenters. The van der Waals surface area contributed by atoms with Crippen LogP contribution in [0.1, 0.15) is 38.3 Å². The maximum absolute atomic E-state index is 10.3. The highest BCUT2D eigenvalue weighted by atomic mass is 16.6. The standard InChI is InChI=1S/C17H24N4O4/c22-8-12-14(23)15(24)17(25-12)21-9-19-13-11(21)6-7-18-16(13)20-10-4-2-1-3-5-10/h6-7,9-10,12,14-15,17,22-24H,1-5,8H2,(H,18,20). The third-order valence-corrected chi connectivity index (χ3v) is 5.23. The van der Waals surface area contributed by atoms with Gasteiger partial charge < -0.3 is 29.9 Å². The molecule has 4 N–H and O–H groups in total. The Hall–Kier alpha value is -1.74. The zero-order valence-corrected chi connectivity index (χ0v) is 14.0. The molecule has 4 rings (SSSR count). The lowest BCUT2D eigenvalue weighted by molar-refractivity contribution is -0.0508. The Morgan fingerprint density at radius 1 is 1.16 bits per heavy atom. The molecule has 1 saturated carbocycles. The highest BCUT2D eigenvalue weighted by Gasteiger charge is 2.43. The van der Waals surface area contributed by atoms with Gasteiger partial charge in [-0.25, -0.2) is 9.97 Å². The molecule has 2 aromatic rings. The van der Waals surface area contributed by atoms with Crippen LogP contribution in [0.2, 0.25) is 0 Å². The molecule has 2 fully saturated rings. The van der Waals surface area contributed by atoms with Crippen LogP contribution in [0.25, 0.3) is 11.0 Å². The first kappa shape index (κ1) is 16.7. The Morgan fingerprint density at radius 2 is 1.96 bits per heavy atom. The number of hydrogen-bond acceptors (Lipinski definition) is 7. The summed E-state index contributed by atoms with van der Waals surface area (Å²) in [4.78, 5) is 8.87. The van der Waals surface area contributed by atoms with Crippen molar-refractivity contribution in [1.29, 1.82) is 0 Å². The first-order chi connectivity index (χ1) is 12.2. The van der Waals surface area contributed by atoms with Crippen molar-refractivity contribution >= 4 is 16.9 Å². The summed E-state index contributed by atoms with van der Waals surface area (Å²) in [6.45, 7) is -0.350. The molecule has 136 valence electrons. The normalized spacial score (nSPS) is 30.8. The van der Waals surface area contributed by atoms with Crippen molar-refractivity contribution in [3.8, 4) is 0 Å². The van der Waals surface area contributed by atoms with Gasteiger partial charge in [0.15, 0.2) is 12.0 Å². The van der Waals surface area contributed by atoms with Crippen molar-refractivity contribution < 1.29 is 20.1 Å². The van der Waals surface area contributed by atoms with Crippen LogP contribution in [-0.4, -0.2) is 60.8 Å². The third-order valence-electron chi connectivity index (χ3n) is 5.23. The van der Waals surface area contributed by atoms with Gasteiger partial charge in [0.1, 0.15) is 23.8 Å². The topological polar surface area (TPSA) is 113 Å². The van der Waals surface area contributed by atoms with Crippen LogP contribution < -0.4 is 5.32 Å². The van der Waals surface area contributed by atoms with E-state index < -0.39 is 24.5 Å². The van der Waals surface area contributed by atoms with Gasteiger partial charge in [0.05, 0.1) is 18.5 Å². The zero-order valence-electron chi connectivity index (χ0n) is 14.0. The summed E-state index contributed by atoms with van der Waals surface area (Å²) in [5, 5.41) is 33.0. The van der Waals surface area contributed by atoms with Gasteiger partial charge in [-0.2, -0.15) is 0 Å². The van der Waals surface area contributed by atoms with E-state index in [1.165, 1.54) is 19.3 Å². The van der Waals surface area contributed by atoms with Crippen molar-refractivity contribution in [3.05, 3.63) is 18.6 Å². The lowest BCUT2D eigenvalue weighted by Crippen LogP contribution is -2.33. The predicted molar refractivity (Wildman–Crippen MR) is 91.0 cm³/mol. The highest BCUT2D eigenvalue weighted by Crippen LogP contribution is 2.33. The number of pyridine rings is 1. The van der Waals surface area contributed by atoms with Crippen molar-refractivity contribution in [2.45, 2.75) is 62.7 Å². The third kappa shape index (κ3) is 2.99. The molecule has 2 aliphatic rings.